The lowest BCUT2D eigenvalue weighted by molar-refractivity contribution is 0.862. The second-order valence-electron chi connectivity index (χ2n) is 5.30. The normalized spacial score (nSPS) is 21.0. The first kappa shape index (κ1) is 12.9. The third kappa shape index (κ3) is 3.08. The average Bonchev–Trinajstić information content (AvgIpc) is 2.49. The van der Waals surface area contributed by atoms with E-state index >= 15 is 0 Å². The third-order valence-corrected chi connectivity index (χ3v) is 3.86. The van der Waals surface area contributed by atoms with E-state index in [1.54, 1.807) is 0 Å². The van der Waals surface area contributed by atoms with Gasteiger partial charge in [0, 0.05) is 0 Å². The molecule has 0 heterocycles. The molecule has 1 aliphatic rings. The van der Waals surface area contributed by atoms with Gasteiger partial charge in [-0.3, -0.25) is 0 Å². The molecule has 0 aliphatic heterocycles. The Morgan fingerprint density at radius 1 is 0.550 bits per heavy atom. The van der Waals surface area contributed by atoms with E-state index in [-0.39, 0.29) is 0 Å². The molecule has 0 aromatic heterocycles. The van der Waals surface area contributed by atoms with Gasteiger partial charge in [0.05, 0.1) is 0 Å². The van der Waals surface area contributed by atoms with Gasteiger partial charge in [-0.2, -0.15) is 0 Å². The van der Waals surface area contributed by atoms with Crippen molar-refractivity contribution in [2.24, 2.45) is 0 Å². The smallest absolute Gasteiger partial charge is 0.00202 e. The molecule has 100 valence electrons. The molecule has 0 amide bonds. The maximum atomic E-state index is 2.42. The van der Waals surface area contributed by atoms with E-state index in [1.165, 1.54) is 41.5 Å². The SMILES string of the molecule is C1=C(/c2ccccc2)C/C(c2ccccc2)=C\CCC/1. The molecule has 0 radical (unpaired) electrons. The molecule has 0 atom stereocenters. The molecule has 0 saturated carbocycles. The summed E-state index contributed by atoms with van der Waals surface area (Å²) in [4.78, 5) is 0. The van der Waals surface area contributed by atoms with Crippen molar-refractivity contribution < 1.29 is 0 Å². The monoisotopic (exact) mass is 260 g/mol. The molecule has 0 nitrogen and oxygen atoms in total. The first-order valence-electron chi connectivity index (χ1n) is 7.42. The van der Waals surface area contributed by atoms with E-state index in [2.05, 4.69) is 72.8 Å². The summed E-state index contributed by atoms with van der Waals surface area (Å²) >= 11 is 0. The van der Waals surface area contributed by atoms with Crippen LogP contribution in [0.25, 0.3) is 11.1 Å². The van der Waals surface area contributed by atoms with Crippen LogP contribution in [0.4, 0.5) is 0 Å². The predicted molar refractivity (Wildman–Crippen MR) is 87.3 cm³/mol. The first-order chi connectivity index (χ1) is 9.93. The Hall–Kier alpha value is -2.08. The average molecular weight is 260 g/mol. The van der Waals surface area contributed by atoms with Gasteiger partial charge in [0.2, 0.25) is 0 Å². The summed E-state index contributed by atoms with van der Waals surface area (Å²) in [5, 5.41) is 0. The van der Waals surface area contributed by atoms with Gasteiger partial charge in [0.15, 0.2) is 0 Å². The molecular formula is C20H20. The summed E-state index contributed by atoms with van der Waals surface area (Å²) in [6.45, 7) is 0. The van der Waals surface area contributed by atoms with E-state index in [1.807, 2.05) is 0 Å². The standard InChI is InChI=1S/C20H20/c1-4-10-17(11-5-1)19-14-8-3-9-15-20(16-19)18-12-6-2-7-13-18/h1-2,4-7,10-15H,3,8-9,16H2/b19-14+,20-15+. The minimum absolute atomic E-state index is 1.04. The highest BCUT2D eigenvalue weighted by atomic mass is 14.1. The molecule has 0 spiro atoms. The molecule has 0 N–H and O–H groups in total. The van der Waals surface area contributed by atoms with Gasteiger partial charge in [-0.25, -0.2) is 0 Å². The molecule has 20 heavy (non-hydrogen) atoms. The van der Waals surface area contributed by atoms with Crippen LogP contribution >= 0.6 is 0 Å². The van der Waals surface area contributed by atoms with Crippen LogP contribution in [-0.4, -0.2) is 0 Å². The maximum absolute atomic E-state index is 2.42. The Morgan fingerprint density at radius 3 is 1.45 bits per heavy atom. The van der Waals surface area contributed by atoms with Gasteiger partial charge in [-0.1, -0.05) is 72.8 Å². The number of allylic oxidation sites excluding steroid dienone is 4. The highest BCUT2D eigenvalue weighted by molar-refractivity contribution is 5.80. The van der Waals surface area contributed by atoms with Crippen molar-refractivity contribution in [3.63, 3.8) is 0 Å². The fourth-order valence-corrected chi connectivity index (χ4v) is 2.76. The van der Waals surface area contributed by atoms with E-state index < -0.39 is 0 Å². The lowest BCUT2D eigenvalue weighted by atomic mass is 9.90. The van der Waals surface area contributed by atoms with Crippen LogP contribution in [-0.2, 0) is 0 Å². The summed E-state index contributed by atoms with van der Waals surface area (Å²) in [6.07, 6.45) is 9.49. The molecule has 0 bridgehead atoms. The number of benzene rings is 2. The van der Waals surface area contributed by atoms with Gasteiger partial charge in [0.25, 0.3) is 0 Å². The Morgan fingerprint density at radius 2 is 1.00 bits per heavy atom. The van der Waals surface area contributed by atoms with Crippen molar-refractivity contribution in [3.8, 4) is 0 Å². The van der Waals surface area contributed by atoms with Crippen LogP contribution in [0.15, 0.2) is 72.8 Å². The van der Waals surface area contributed by atoms with Gasteiger partial charge in [-0.15, -0.1) is 0 Å². The lowest BCUT2D eigenvalue weighted by Crippen LogP contribution is -1.93. The lowest BCUT2D eigenvalue weighted by Gasteiger charge is -2.15. The maximum Gasteiger partial charge on any atom is -0.00202 e. The summed E-state index contributed by atoms with van der Waals surface area (Å²) < 4.78 is 0. The molecule has 0 saturated heterocycles. The fourth-order valence-electron chi connectivity index (χ4n) is 2.76. The summed E-state index contributed by atoms with van der Waals surface area (Å²) in [5.41, 5.74) is 5.63. The molecule has 0 unspecified atom stereocenters. The van der Waals surface area contributed by atoms with Crippen molar-refractivity contribution >= 4 is 11.1 Å². The molecular weight excluding hydrogens is 240 g/mol. The first-order valence-corrected chi connectivity index (χ1v) is 7.42. The Bertz CT molecular complexity index is 548. The Balaban J connectivity index is 1.91. The van der Waals surface area contributed by atoms with Crippen LogP contribution < -0.4 is 0 Å². The second-order valence-corrected chi connectivity index (χ2v) is 5.30. The van der Waals surface area contributed by atoms with E-state index in [9.17, 15) is 0 Å². The van der Waals surface area contributed by atoms with Crippen molar-refractivity contribution in [1.29, 1.82) is 0 Å². The Labute approximate surface area is 121 Å². The van der Waals surface area contributed by atoms with Gasteiger partial charge in [0.1, 0.15) is 0 Å². The van der Waals surface area contributed by atoms with Crippen LogP contribution in [0.1, 0.15) is 36.8 Å². The van der Waals surface area contributed by atoms with Crippen molar-refractivity contribution in [1.82, 2.24) is 0 Å². The van der Waals surface area contributed by atoms with Gasteiger partial charge < -0.3 is 0 Å². The topological polar surface area (TPSA) is 0 Å². The largest absolute Gasteiger partial charge is 0.0804 e. The minimum atomic E-state index is 1.04. The quantitative estimate of drug-likeness (QED) is 0.647. The zero-order valence-electron chi connectivity index (χ0n) is 11.8. The second kappa shape index (κ2) is 6.38. The summed E-state index contributed by atoms with van der Waals surface area (Å²) in [7, 11) is 0. The number of rotatable bonds is 2. The molecule has 2 aromatic rings. The minimum Gasteiger partial charge on any atom is -0.0804 e. The fraction of sp³-hybridized carbons (Fsp3) is 0.200. The van der Waals surface area contributed by atoms with Crippen LogP contribution in [0.5, 0.6) is 0 Å². The van der Waals surface area contributed by atoms with Crippen molar-refractivity contribution in [2.75, 3.05) is 0 Å². The number of hydrogen-bond donors (Lipinski definition) is 0. The van der Waals surface area contributed by atoms with Crippen LogP contribution in [0.3, 0.4) is 0 Å². The van der Waals surface area contributed by atoms with Gasteiger partial charge in [-0.05, 0) is 48.0 Å². The molecule has 0 fully saturated rings. The third-order valence-electron chi connectivity index (χ3n) is 3.86. The molecule has 2 aromatic carbocycles. The molecule has 3 rings (SSSR count). The van der Waals surface area contributed by atoms with Crippen LogP contribution in [0.2, 0.25) is 0 Å². The number of hydrogen-bond acceptors (Lipinski definition) is 0. The van der Waals surface area contributed by atoms with Crippen molar-refractivity contribution in [2.45, 2.75) is 25.7 Å². The summed E-state index contributed by atoms with van der Waals surface area (Å²) in [5.74, 6) is 0. The van der Waals surface area contributed by atoms with E-state index in [0.29, 0.717) is 0 Å². The Kier molecular flexibility index (Phi) is 4.13. The highest BCUT2D eigenvalue weighted by Crippen LogP contribution is 2.31. The predicted octanol–water partition coefficient (Wildman–Crippen LogP) is 5.73. The zero-order chi connectivity index (χ0) is 13.6. The van der Waals surface area contributed by atoms with E-state index in [4.69, 9.17) is 0 Å². The highest BCUT2D eigenvalue weighted by Gasteiger charge is 2.09. The van der Waals surface area contributed by atoms with E-state index in [0.717, 1.165) is 6.42 Å². The molecule has 1 aliphatic carbocycles. The molecule has 0 heteroatoms. The summed E-state index contributed by atoms with van der Waals surface area (Å²) in [6, 6.07) is 21.5. The van der Waals surface area contributed by atoms with Gasteiger partial charge >= 0.3 is 0 Å². The zero-order valence-corrected chi connectivity index (χ0v) is 11.8. The van der Waals surface area contributed by atoms with Crippen molar-refractivity contribution in [3.05, 3.63) is 83.9 Å². The van der Waals surface area contributed by atoms with Crippen LogP contribution in [0, 0.1) is 0 Å².